The van der Waals surface area contributed by atoms with Gasteiger partial charge in [0.25, 0.3) is 0 Å². The van der Waals surface area contributed by atoms with Crippen LogP contribution in [0.15, 0.2) is 46.9 Å². The molecule has 0 aromatic heterocycles. The number of halogens is 2. The van der Waals surface area contributed by atoms with E-state index in [2.05, 4.69) is 21.2 Å². The molecule has 1 amide bonds. The second kappa shape index (κ2) is 7.97. The largest absolute Gasteiger partial charge is 0.325 e. The van der Waals surface area contributed by atoms with Crippen molar-refractivity contribution in [2.45, 2.75) is 5.75 Å². The Morgan fingerprint density at radius 2 is 2.00 bits per heavy atom. The van der Waals surface area contributed by atoms with E-state index in [4.69, 9.17) is 5.26 Å². The number of hydrogen-bond acceptors (Lipinski definition) is 3. The Kier molecular flexibility index (Phi) is 5.99. The molecular formula is C16H12BrFN2OS. The Morgan fingerprint density at radius 1 is 1.27 bits per heavy atom. The summed E-state index contributed by atoms with van der Waals surface area (Å²) in [5.74, 6) is 0.219. The van der Waals surface area contributed by atoms with Gasteiger partial charge in [0.1, 0.15) is 5.82 Å². The lowest BCUT2D eigenvalue weighted by Gasteiger charge is -2.06. The van der Waals surface area contributed by atoms with Gasteiger partial charge in [-0.25, -0.2) is 4.39 Å². The first-order chi connectivity index (χ1) is 10.6. The van der Waals surface area contributed by atoms with Crippen molar-refractivity contribution >= 4 is 39.3 Å². The Hall–Kier alpha value is -1.84. The fourth-order valence-corrected chi connectivity index (χ4v) is 2.86. The standard InChI is InChI=1S/C16H12BrFN2OS/c17-13-4-3-12(15(18)7-13)9-22-10-16(21)20-14-5-1-11(8-19)2-6-14/h1-7H,9-10H2,(H,20,21). The van der Waals surface area contributed by atoms with Crippen molar-refractivity contribution in [1.82, 2.24) is 0 Å². The van der Waals surface area contributed by atoms with E-state index in [0.717, 1.165) is 0 Å². The van der Waals surface area contributed by atoms with Crippen LogP contribution in [-0.2, 0) is 10.5 Å². The minimum absolute atomic E-state index is 0.160. The zero-order valence-electron chi connectivity index (χ0n) is 11.5. The van der Waals surface area contributed by atoms with Gasteiger partial charge in [-0.1, -0.05) is 22.0 Å². The third-order valence-corrected chi connectivity index (χ3v) is 4.28. The topological polar surface area (TPSA) is 52.9 Å². The van der Waals surface area contributed by atoms with Gasteiger partial charge >= 0.3 is 0 Å². The van der Waals surface area contributed by atoms with Crippen LogP contribution in [0.2, 0.25) is 0 Å². The van der Waals surface area contributed by atoms with Crippen molar-refractivity contribution < 1.29 is 9.18 Å². The molecule has 0 saturated carbocycles. The van der Waals surface area contributed by atoms with Crippen molar-refractivity contribution in [2.75, 3.05) is 11.1 Å². The molecule has 0 radical (unpaired) electrons. The van der Waals surface area contributed by atoms with Crippen LogP contribution >= 0.6 is 27.7 Å². The van der Waals surface area contributed by atoms with Crippen LogP contribution in [0.1, 0.15) is 11.1 Å². The Morgan fingerprint density at radius 3 is 2.64 bits per heavy atom. The number of anilines is 1. The maximum Gasteiger partial charge on any atom is 0.234 e. The molecule has 0 atom stereocenters. The summed E-state index contributed by atoms with van der Waals surface area (Å²) >= 11 is 4.55. The van der Waals surface area contributed by atoms with Gasteiger partial charge in [-0.15, -0.1) is 11.8 Å². The number of thioether (sulfide) groups is 1. The number of benzene rings is 2. The third-order valence-electron chi connectivity index (χ3n) is 2.80. The van der Waals surface area contributed by atoms with Crippen LogP contribution in [0.25, 0.3) is 0 Å². The van der Waals surface area contributed by atoms with Crippen molar-refractivity contribution in [1.29, 1.82) is 5.26 Å². The summed E-state index contributed by atoms with van der Waals surface area (Å²) in [5.41, 5.74) is 1.75. The minimum atomic E-state index is -0.283. The van der Waals surface area contributed by atoms with Gasteiger partial charge in [0.15, 0.2) is 0 Å². The quantitative estimate of drug-likeness (QED) is 0.841. The van der Waals surface area contributed by atoms with Crippen molar-refractivity contribution in [2.24, 2.45) is 0 Å². The van der Waals surface area contributed by atoms with Gasteiger partial charge in [0.05, 0.1) is 17.4 Å². The Bertz CT molecular complexity index is 713. The summed E-state index contributed by atoms with van der Waals surface area (Å²) in [6.07, 6.45) is 0. The molecule has 0 heterocycles. The number of carbonyl (C=O) groups is 1. The van der Waals surface area contributed by atoms with E-state index in [0.29, 0.717) is 27.0 Å². The Labute approximate surface area is 140 Å². The van der Waals surface area contributed by atoms with Crippen LogP contribution in [0.5, 0.6) is 0 Å². The van der Waals surface area contributed by atoms with Crippen LogP contribution in [-0.4, -0.2) is 11.7 Å². The monoisotopic (exact) mass is 378 g/mol. The lowest BCUT2D eigenvalue weighted by molar-refractivity contribution is -0.113. The third kappa shape index (κ3) is 4.86. The van der Waals surface area contributed by atoms with Crippen molar-refractivity contribution in [3.05, 3.63) is 63.9 Å². The first kappa shape index (κ1) is 16.5. The number of amides is 1. The molecule has 0 saturated heterocycles. The fraction of sp³-hybridized carbons (Fsp3) is 0.125. The molecule has 22 heavy (non-hydrogen) atoms. The first-order valence-corrected chi connectivity index (χ1v) is 8.35. The lowest BCUT2D eigenvalue weighted by Crippen LogP contribution is -2.14. The van der Waals surface area contributed by atoms with E-state index in [9.17, 15) is 9.18 Å². The van der Waals surface area contributed by atoms with Gasteiger partial charge in [-0.2, -0.15) is 5.26 Å². The molecule has 112 valence electrons. The first-order valence-electron chi connectivity index (χ1n) is 6.40. The van der Waals surface area contributed by atoms with E-state index < -0.39 is 0 Å². The number of nitrogens with one attached hydrogen (secondary N) is 1. The van der Waals surface area contributed by atoms with E-state index in [1.807, 2.05) is 6.07 Å². The van der Waals surface area contributed by atoms with Gasteiger partial charge in [0, 0.05) is 15.9 Å². The van der Waals surface area contributed by atoms with Gasteiger partial charge in [-0.05, 0) is 42.0 Å². The van der Waals surface area contributed by atoms with Gasteiger partial charge < -0.3 is 5.32 Å². The average molecular weight is 379 g/mol. The number of carbonyl (C=O) groups excluding carboxylic acids is 1. The summed E-state index contributed by atoms with van der Waals surface area (Å²) in [6, 6.07) is 13.5. The summed E-state index contributed by atoms with van der Waals surface area (Å²) < 4.78 is 14.3. The van der Waals surface area contributed by atoms with Crippen LogP contribution in [0, 0.1) is 17.1 Å². The van der Waals surface area contributed by atoms with Crippen LogP contribution < -0.4 is 5.32 Å². The van der Waals surface area contributed by atoms with Gasteiger partial charge in [0.2, 0.25) is 5.91 Å². The van der Waals surface area contributed by atoms with E-state index in [-0.39, 0.29) is 17.5 Å². The molecule has 0 aliphatic carbocycles. The summed E-state index contributed by atoms with van der Waals surface area (Å²) in [4.78, 5) is 11.8. The molecule has 0 unspecified atom stereocenters. The molecule has 2 rings (SSSR count). The van der Waals surface area contributed by atoms with Crippen molar-refractivity contribution in [3.63, 3.8) is 0 Å². The highest BCUT2D eigenvalue weighted by atomic mass is 79.9. The average Bonchev–Trinajstić information content (AvgIpc) is 2.50. The molecule has 0 aliphatic rings. The number of rotatable bonds is 5. The summed E-state index contributed by atoms with van der Waals surface area (Å²) in [7, 11) is 0. The molecule has 6 heteroatoms. The van der Waals surface area contributed by atoms with Crippen molar-refractivity contribution in [3.8, 4) is 6.07 Å². The molecule has 2 aromatic carbocycles. The molecular weight excluding hydrogens is 367 g/mol. The molecule has 0 fully saturated rings. The van der Waals surface area contributed by atoms with Gasteiger partial charge in [-0.3, -0.25) is 4.79 Å². The van der Waals surface area contributed by atoms with E-state index >= 15 is 0 Å². The maximum atomic E-state index is 13.6. The molecule has 0 spiro atoms. The highest BCUT2D eigenvalue weighted by molar-refractivity contribution is 9.10. The van der Waals surface area contributed by atoms with E-state index in [1.54, 1.807) is 36.4 Å². The highest BCUT2D eigenvalue weighted by Crippen LogP contribution is 2.20. The normalized spacial score (nSPS) is 10.0. The zero-order chi connectivity index (χ0) is 15.9. The number of nitriles is 1. The zero-order valence-corrected chi connectivity index (χ0v) is 13.9. The lowest BCUT2D eigenvalue weighted by atomic mass is 10.2. The van der Waals surface area contributed by atoms with Crippen LogP contribution in [0.3, 0.4) is 0 Å². The predicted octanol–water partition coefficient (Wildman–Crippen LogP) is 4.33. The second-order valence-corrected chi connectivity index (χ2v) is 6.37. The maximum absolute atomic E-state index is 13.6. The molecule has 3 nitrogen and oxygen atoms in total. The number of hydrogen-bond donors (Lipinski definition) is 1. The fourth-order valence-electron chi connectivity index (χ4n) is 1.72. The molecule has 1 N–H and O–H groups in total. The van der Waals surface area contributed by atoms with E-state index in [1.165, 1.54) is 17.8 Å². The Balaban J connectivity index is 1.81. The predicted molar refractivity (Wildman–Crippen MR) is 90.0 cm³/mol. The summed E-state index contributed by atoms with van der Waals surface area (Å²) in [6.45, 7) is 0. The molecule has 2 aromatic rings. The smallest absolute Gasteiger partial charge is 0.234 e. The second-order valence-electron chi connectivity index (χ2n) is 4.47. The summed E-state index contributed by atoms with van der Waals surface area (Å²) in [5, 5.41) is 11.4. The number of nitrogens with zero attached hydrogens (tertiary/aromatic N) is 1. The minimum Gasteiger partial charge on any atom is -0.325 e. The molecule has 0 aliphatic heterocycles. The van der Waals surface area contributed by atoms with Crippen LogP contribution in [0.4, 0.5) is 10.1 Å². The SMILES string of the molecule is N#Cc1ccc(NC(=O)CSCc2ccc(Br)cc2F)cc1. The highest BCUT2D eigenvalue weighted by Gasteiger charge is 2.06. The molecule has 0 bridgehead atoms.